The molecule has 2 aliphatic rings. The SMILES string of the molecule is C.CCCC[C@H]1C(=O)N(C)[C@@H](CCCC)C(=O)N[C@@H](CCCNC(=N)N)C(=O)N[C@H](C(=O)NCC(N)=O)CSCC(=O)N[C@@H](Cc2cccc(C)c2)C(=O)N(C)[C@@H](C)C(=O)N[C@@H](CC(N)=O)C(=O)N2CCC[C@H]2C(=O)N[C@@H](Cc2cnc[nH]2)C(=O)N[C@@H](CC(C)C)C(=O)N(C)CC(=O)C[C@@H](Cc2c[nH]c3ccccc23)C(=O)N[C@@H](CO)C(=O)N[C@@H](Cc2c[nH]c3ccccc23)C(=O)N1C. The number of carbonyl (C=O) groups excluding carboxylic acids is 17. The van der Waals surface area contributed by atoms with E-state index in [9.17, 15) is 62.6 Å². The van der Waals surface area contributed by atoms with Crippen LogP contribution in [0.15, 0.2) is 97.7 Å². The molecule has 3 aromatic heterocycles. The number of nitrogens with one attached hydrogen (secondary N) is 14. The first-order valence-electron chi connectivity index (χ1n) is 44.8. The number of amides is 16. The number of hydrogen-bond donors (Lipinski definition) is 18. The van der Waals surface area contributed by atoms with Gasteiger partial charge in [-0.3, -0.25) is 86.9 Å². The minimum atomic E-state index is -1.81. The third-order valence-corrected chi connectivity index (χ3v) is 24.7. The van der Waals surface area contributed by atoms with Crippen LogP contribution in [0.5, 0.6) is 0 Å². The Labute approximate surface area is 783 Å². The van der Waals surface area contributed by atoms with Crippen LogP contribution < -0.4 is 70.4 Å². The van der Waals surface area contributed by atoms with Crippen molar-refractivity contribution in [2.45, 2.75) is 231 Å². The van der Waals surface area contributed by atoms with Crippen molar-refractivity contribution in [3.63, 3.8) is 0 Å². The molecule has 2 fully saturated rings. The smallest absolute Gasteiger partial charge is 0.246 e. The molecule has 0 saturated carbocycles. The van der Waals surface area contributed by atoms with Gasteiger partial charge in [-0.1, -0.05) is 127 Å². The third kappa shape index (κ3) is 31.2. The number of aromatic nitrogens is 4. The number of carbonyl (C=O) groups is 17. The molecule has 0 radical (unpaired) electrons. The largest absolute Gasteiger partial charge is 0.394 e. The summed E-state index contributed by atoms with van der Waals surface area (Å²) in [5, 5.41) is 47.0. The Balaban J connectivity index is 0.0000245. The second-order valence-electron chi connectivity index (χ2n) is 34.5. The second kappa shape index (κ2) is 52.2. The second-order valence-corrected chi connectivity index (χ2v) is 35.5. The highest BCUT2D eigenvalue weighted by molar-refractivity contribution is 8.00. The number of H-pyrrole nitrogens is 3. The summed E-state index contributed by atoms with van der Waals surface area (Å²) in [6, 6.07) is 3.25. The molecule has 0 spiro atoms. The lowest BCUT2D eigenvalue weighted by Gasteiger charge is -2.36. The number of thioether (sulfide) groups is 1. The number of imidazole rings is 1. The highest BCUT2D eigenvalue weighted by Gasteiger charge is 2.44. The topological polar surface area (TPSA) is 609 Å². The number of Topliss-reactive ketones (excluding diaryl/α,β-unsaturated/α-hetero) is 1. The molecule has 0 unspecified atom stereocenters. The van der Waals surface area contributed by atoms with Crippen molar-refractivity contribution in [3.05, 3.63) is 126 Å². The van der Waals surface area contributed by atoms with Gasteiger partial charge in [0.15, 0.2) is 11.7 Å². The predicted octanol–water partition coefficient (Wildman–Crippen LogP) is -0.103. The Bertz CT molecular complexity index is 5120. The lowest BCUT2D eigenvalue weighted by molar-refractivity contribution is -0.149. The summed E-state index contributed by atoms with van der Waals surface area (Å²) in [4.78, 5) is 268. The van der Waals surface area contributed by atoms with Crippen molar-refractivity contribution in [2.75, 3.05) is 72.5 Å². The summed E-state index contributed by atoms with van der Waals surface area (Å²) in [5.74, 6) is -17.9. The Hall–Kier alpha value is -13.3. The molecule has 8 rings (SSSR count). The van der Waals surface area contributed by atoms with E-state index in [-0.39, 0.29) is 97.1 Å². The number of aliphatic hydroxyl groups excluding tert-OH is 1. The molecule has 134 heavy (non-hydrogen) atoms. The maximum Gasteiger partial charge on any atom is 0.246 e. The number of fused-ring (bicyclic) bond motifs is 3. The summed E-state index contributed by atoms with van der Waals surface area (Å²) in [7, 11) is 5.31. The van der Waals surface area contributed by atoms with E-state index >= 15 is 24.0 Å². The van der Waals surface area contributed by atoms with Crippen LogP contribution in [0.4, 0.5) is 0 Å². The van der Waals surface area contributed by atoms with Crippen molar-refractivity contribution in [1.82, 2.24) is 97.6 Å². The van der Waals surface area contributed by atoms with Gasteiger partial charge in [0.2, 0.25) is 94.5 Å². The van der Waals surface area contributed by atoms with E-state index in [1.807, 2.05) is 13.8 Å². The molecule has 6 aromatic rings. The summed E-state index contributed by atoms with van der Waals surface area (Å²) in [6.07, 6.45) is 5.70. The quantitative estimate of drug-likeness (QED) is 0.0191. The van der Waals surface area contributed by atoms with Crippen LogP contribution in [0.25, 0.3) is 21.8 Å². The Morgan fingerprint density at radius 3 is 1.78 bits per heavy atom. The lowest BCUT2D eigenvalue weighted by atomic mass is 9.92. The monoisotopic (exact) mass is 1880 g/mol. The number of aromatic amines is 3. The van der Waals surface area contributed by atoms with Crippen molar-refractivity contribution >= 4 is 140 Å². The van der Waals surface area contributed by atoms with Crippen LogP contribution >= 0.6 is 11.8 Å². The number of guanidine groups is 1. The van der Waals surface area contributed by atoms with Gasteiger partial charge in [0.25, 0.3) is 0 Å². The maximum atomic E-state index is 15.7. The van der Waals surface area contributed by atoms with Crippen LogP contribution in [-0.2, 0) is 107 Å². The van der Waals surface area contributed by atoms with Gasteiger partial charge < -0.3 is 115 Å². The summed E-state index contributed by atoms with van der Waals surface area (Å²) in [5.41, 5.74) is 21.0. The Morgan fingerprint density at radius 2 is 1.16 bits per heavy atom. The van der Waals surface area contributed by atoms with Crippen LogP contribution in [0.3, 0.4) is 0 Å². The van der Waals surface area contributed by atoms with Crippen LogP contribution in [0.1, 0.15) is 153 Å². The number of ketones is 1. The zero-order chi connectivity index (χ0) is 97.4. The maximum absolute atomic E-state index is 15.7. The zero-order valence-electron chi connectivity index (χ0n) is 77.0. The highest BCUT2D eigenvalue weighted by atomic mass is 32.2. The fourth-order valence-electron chi connectivity index (χ4n) is 16.3. The Kier molecular flexibility index (Phi) is 42.0. The summed E-state index contributed by atoms with van der Waals surface area (Å²) in [6.45, 7) is 7.92. The lowest BCUT2D eigenvalue weighted by Crippen LogP contribution is -2.61. The number of benzene rings is 3. The van der Waals surface area contributed by atoms with Crippen molar-refractivity contribution in [2.24, 2.45) is 29.0 Å². The van der Waals surface area contributed by atoms with E-state index in [1.165, 1.54) is 52.5 Å². The molecule has 41 nitrogen and oxygen atoms in total. The van der Waals surface area contributed by atoms with Gasteiger partial charge in [0.1, 0.15) is 72.5 Å². The van der Waals surface area contributed by atoms with E-state index in [1.54, 1.807) is 106 Å². The van der Waals surface area contributed by atoms with Gasteiger partial charge in [-0.05, 0) is 100.0 Å². The molecule has 2 aliphatic heterocycles. The molecule has 5 heterocycles. The van der Waals surface area contributed by atoms with E-state index in [4.69, 9.17) is 22.6 Å². The van der Waals surface area contributed by atoms with Gasteiger partial charge in [0.05, 0.1) is 38.2 Å². The average molecular weight is 1880 g/mol. The van der Waals surface area contributed by atoms with E-state index < -0.39 is 229 Å². The number of primary amides is 2. The van der Waals surface area contributed by atoms with Gasteiger partial charge in [-0.25, -0.2) is 4.98 Å². The number of unbranched alkanes of at least 4 members (excludes halogenated alkanes) is 2. The van der Waals surface area contributed by atoms with Crippen molar-refractivity contribution in [3.8, 4) is 0 Å². The van der Waals surface area contributed by atoms with Crippen LogP contribution in [0.2, 0.25) is 0 Å². The summed E-state index contributed by atoms with van der Waals surface area (Å²) < 4.78 is 0. The molecule has 13 atom stereocenters. The fraction of sp³-hybridized carbons (Fsp3) is 0.533. The first-order valence-corrected chi connectivity index (χ1v) is 46.0. The fourth-order valence-corrected chi connectivity index (χ4v) is 17.1. The molecule has 3 aromatic carbocycles. The highest BCUT2D eigenvalue weighted by Crippen LogP contribution is 2.28. The van der Waals surface area contributed by atoms with E-state index in [2.05, 4.69) is 73.1 Å². The predicted molar refractivity (Wildman–Crippen MR) is 502 cm³/mol. The van der Waals surface area contributed by atoms with Gasteiger partial charge >= 0.3 is 0 Å². The first-order chi connectivity index (χ1) is 63.3. The number of aryl methyl sites for hydroxylation is 1. The number of rotatable bonds is 26. The summed E-state index contributed by atoms with van der Waals surface area (Å²) >= 11 is 0.800. The number of likely N-dealkylation sites (N-methyl/N-ethyl adjacent to an activating group) is 4. The van der Waals surface area contributed by atoms with E-state index in [0.717, 1.165) is 36.9 Å². The van der Waals surface area contributed by atoms with Crippen molar-refractivity contribution in [1.29, 1.82) is 5.41 Å². The number of nitrogens with two attached hydrogens (primary N) is 3. The normalized spacial score (nSPS) is 23.3. The van der Waals surface area contributed by atoms with Crippen molar-refractivity contribution < 1.29 is 86.6 Å². The molecular weight excluding hydrogens is 1750 g/mol. The molecule has 16 amide bonds. The Morgan fingerprint density at radius 1 is 0.582 bits per heavy atom. The average Bonchev–Trinajstić information content (AvgIpc) is 1.52. The molecule has 42 heteroatoms. The van der Waals surface area contributed by atoms with Gasteiger partial charge in [0, 0.05) is 125 Å². The molecule has 730 valence electrons. The first kappa shape index (κ1) is 108. The molecule has 0 bridgehead atoms. The minimum Gasteiger partial charge on any atom is -0.394 e. The number of hydrogen-bond acceptors (Lipinski definition) is 21. The number of aliphatic hydroxyl groups is 1. The van der Waals surface area contributed by atoms with Gasteiger partial charge in [-0.15, -0.1) is 11.8 Å². The van der Waals surface area contributed by atoms with Crippen LogP contribution in [-0.4, -0.2) is 301 Å². The molecule has 2 saturated heterocycles. The zero-order valence-corrected chi connectivity index (χ0v) is 77.8. The molecule has 21 N–H and O–H groups in total. The third-order valence-electron chi connectivity index (χ3n) is 23.6. The van der Waals surface area contributed by atoms with Crippen LogP contribution in [0, 0.1) is 24.2 Å². The standard InChI is InChI=1S/C91H129N23O18S.CH4/c1-11-13-29-72-84(126)103-64(28-20-32-97-91(94)95)81(123)109-71(80(122)100-45-76(93)118)48-133-49-77(119)102-67(36-54-23-19-22-52(5)35-54)87(129)111(8)53(6)78(120)105-69(41-75(92)117)89(131)114-33-21-31-73(114)85(127)104-65(40-58-44-96-50-101-58)82(124)106-66(34-51(3)4)86(128)110(7)46-59(116)38-55(37-56-42-98-62-26-17-15-24-60(56)62)79(121)108-70(47-115)83(125)107-68(39-57-43-99-63-27-18-16-25-61(57)63)88(130)113(10)74(30-14-12-2)90(132)112(72)9;/h15-19,22-27,35,42-44,50-51,53,55,64-74,98-99,115H,11-14,20-21,28-34,36-41,45-49H2,1-10H3,(H2,92,117)(H2,93,118)(H,96,101)(H,100,122)(H,102,119)(H,103,126)(H,104,127)(H,105,120)(H,106,124)(H,107,125)(H,108,121)(H,109,123)(H4,94,95,97);1H4/t53-,55+,64-,65-,66-,67-,68-,69-,70-,71-,72-,73-,74-;/m0./s1. The molecular formula is C92H133N23O18S. The number of para-hydroxylation sites is 2. The van der Waals surface area contributed by atoms with E-state index in [0.29, 0.717) is 69.9 Å². The number of nitrogens with zero attached hydrogens (tertiary/aromatic N) is 6. The van der Waals surface area contributed by atoms with Gasteiger partial charge in [-0.2, -0.15) is 0 Å². The molecule has 0 aliphatic carbocycles. The minimum absolute atomic E-state index is 0.